The lowest BCUT2D eigenvalue weighted by Crippen LogP contribution is -2.39. The number of hydrogen-bond acceptors (Lipinski definition) is 0. The van der Waals surface area contributed by atoms with E-state index in [0.29, 0.717) is 0 Å². The molecule has 0 aliphatic rings. The molecule has 1 nitrogen and oxygen atoms in total. The zero-order valence-electron chi connectivity index (χ0n) is 19.5. The molecule has 0 unspecified atom stereocenters. The number of quaternary nitrogens is 1. The highest BCUT2D eigenvalue weighted by Crippen LogP contribution is 2.14. The van der Waals surface area contributed by atoms with E-state index in [1.54, 1.807) is 0 Å². The van der Waals surface area contributed by atoms with Gasteiger partial charge in [0, 0.05) is 11.9 Å². The Labute approximate surface area is 182 Å². The van der Waals surface area contributed by atoms with Crippen molar-refractivity contribution in [2.45, 2.75) is 103 Å². The van der Waals surface area contributed by atoms with Gasteiger partial charge in [0.15, 0.2) is 0 Å². The van der Waals surface area contributed by atoms with E-state index >= 15 is 0 Å². The molecular weight excluding hydrogens is 362 g/mol. The summed E-state index contributed by atoms with van der Waals surface area (Å²) < 4.78 is 1.11. The molecule has 0 saturated carbocycles. The summed E-state index contributed by atoms with van der Waals surface area (Å²) in [5.74, 6) is 0. The lowest BCUT2D eigenvalue weighted by molar-refractivity contribution is -0.903. The third kappa shape index (κ3) is 17.6. The van der Waals surface area contributed by atoms with Crippen molar-refractivity contribution in [2.24, 2.45) is 0 Å². The first-order chi connectivity index (χ1) is 13.6. The maximum absolute atomic E-state index is 4.64. The molecule has 1 rings (SSSR count). The Morgan fingerprint density at radius 3 is 1.43 bits per heavy atom. The predicted molar refractivity (Wildman–Crippen MR) is 129 cm³/mol. The van der Waals surface area contributed by atoms with Crippen LogP contribution < -0.4 is 0 Å². The van der Waals surface area contributed by atoms with Crippen LogP contribution in [0.15, 0.2) is 30.3 Å². The fourth-order valence-electron chi connectivity index (χ4n) is 3.89. The molecule has 0 bridgehead atoms. The highest BCUT2D eigenvalue weighted by Gasteiger charge is 2.14. The molecule has 0 radical (unpaired) electrons. The molecule has 2 heteroatoms. The number of benzene rings is 1. The molecule has 0 amide bonds. The quantitative estimate of drug-likeness (QED) is 0.137. The molecule has 0 atom stereocenters. The van der Waals surface area contributed by atoms with E-state index < -0.39 is 0 Å². The minimum Gasteiger partial charge on any atom is -0.325 e. The maximum atomic E-state index is 4.64. The molecule has 0 saturated heterocycles. The Morgan fingerprint density at radius 2 is 1.00 bits per heavy atom. The van der Waals surface area contributed by atoms with E-state index in [1.807, 2.05) is 0 Å². The van der Waals surface area contributed by atoms with E-state index in [0.717, 1.165) is 11.0 Å². The molecule has 1 aromatic carbocycles. The summed E-state index contributed by atoms with van der Waals surface area (Å²) in [6.45, 7) is 4.75. The molecular formula is C26H49ClN+. The maximum Gasteiger partial charge on any atom is 0.104 e. The van der Waals surface area contributed by atoms with Crippen LogP contribution in [0.2, 0.25) is 0 Å². The van der Waals surface area contributed by atoms with Crippen molar-refractivity contribution >= 4 is 11.6 Å². The lowest BCUT2D eigenvalue weighted by Gasteiger charge is -2.30. The van der Waals surface area contributed by atoms with Gasteiger partial charge in [-0.05, 0) is 12.8 Å². The number of rotatable bonds is 17. The first-order valence-electron chi connectivity index (χ1n) is 11.9. The minimum atomic E-state index is 1.11. The van der Waals surface area contributed by atoms with Crippen LogP contribution >= 0.6 is 11.6 Å². The van der Waals surface area contributed by atoms with Crippen LogP contribution in [-0.2, 0) is 6.54 Å². The highest BCUT2D eigenvalue weighted by molar-refractivity contribution is 6.15. The summed E-state index contributed by atoms with van der Waals surface area (Å²) in [5.41, 5.74) is 1.46. The number of alkyl halides is 1. The van der Waals surface area contributed by atoms with E-state index in [1.165, 1.54) is 108 Å². The topological polar surface area (TPSA) is 0 Å². The molecule has 164 valence electrons. The normalized spacial score (nSPS) is 11.2. The van der Waals surface area contributed by atoms with Crippen LogP contribution in [0.25, 0.3) is 0 Å². The highest BCUT2D eigenvalue weighted by atomic mass is 35.5. The van der Waals surface area contributed by atoms with Crippen LogP contribution in [0.3, 0.4) is 0 Å². The zero-order valence-corrected chi connectivity index (χ0v) is 20.3. The number of unbranched alkanes of at least 4 members (excludes halogenated alkanes) is 13. The summed E-state index contributed by atoms with van der Waals surface area (Å²) in [4.78, 5) is 0. The van der Waals surface area contributed by atoms with E-state index in [-0.39, 0.29) is 0 Å². The van der Waals surface area contributed by atoms with Gasteiger partial charge in [0.25, 0.3) is 0 Å². The molecule has 0 N–H and O–H groups in total. The largest absolute Gasteiger partial charge is 0.325 e. The predicted octanol–water partition coefficient (Wildman–Crippen LogP) is 8.60. The van der Waals surface area contributed by atoms with Gasteiger partial charge < -0.3 is 4.48 Å². The molecule has 28 heavy (non-hydrogen) atoms. The third-order valence-electron chi connectivity index (χ3n) is 5.57. The van der Waals surface area contributed by atoms with Crippen LogP contribution in [-0.4, -0.2) is 31.5 Å². The lowest BCUT2D eigenvalue weighted by atomic mass is 10.0. The smallest absolute Gasteiger partial charge is 0.104 e. The first kappa shape index (κ1) is 27.5. The van der Waals surface area contributed by atoms with Gasteiger partial charge in [-0.1, -0.05) is 114 Å². The molecule has 1 aromatic rings. The van der Waals surface area contributed by atoms with Crippen LogP contribution in [0, 0.1) is 0 Å². The SMILES string of the molecule is CCCCCCCCCCCCCCCC[N+](C)(C)Cc1ccccc1.CCl. The summed E-state index contributed by atoms with van der Waals surface area (Å²) >= 11 is 4.64. The van der Waals surface area contributed by atoms with Gasteiger partial charge in [-0.25, -0.2) is 0 Å². The van der Waals surface area contributed by atoms with Crippen molar-refractivity contribution < 1.29 is 4.48 Å². The molecule has 0 heterocycles. The Balaban J connectivity index is 0.00000352. The van der Waals surface area contributed by atoms with Crippen LogP contribution in [0.1, 0.15) is 102 Å². The van der Waals surface area contributed by atoms with Gasteiger partial charge in [-0.15, -0.1) is 11.6 Å². The van der Waals surface area contributed by atoms with Crippen molar-refractivity contribution in [3.63, 3.8) is 0 Å². The van der Waals surface area contributed by atoms with Gasteiger partial charge in [0.2, 0.25) is 0 Å². The van der Waals surface area contributed by atoms with Gasteiger partial charge in [-0.2, -0.15) is 0 Å². The summed E-state index contributed by atoms with van der Waals surface area (Å²) in [6.07, 6.45) is 21.6. The Bertz CT molecular complexity index is 416. The number of halogens is 1. The standard InChI is InChI=1S/C25H46N.CH3Cl/c1-4-5-6-7-8-9-10-11-12-13-14-15-16-20-23-26(2,3)24-25-21-18-17-19-22-25;1-2/h17-19,21-22H,4-16,20,23-24H2,1-3H3;1H3/q+1;. The fourth-order valence-corrected chi connectivity index (χ4v) is 3.89. The molecule has 0 aromatic heterocycles. The molecule has 0 aliphatic heterocycles. The zero-order chi connectivity index (χ0) is 20.9. The van der Waals surface area contributed by atoms with E-state index in [9.17, 15) is 0 Å². The number of nitrogens with zero attached hydrogens (tertiary/aromatic N) is 1. The second-order valence-corrected chi connectivity index (χ2v) is 8.90. The molecule has 0 spiro atoms. The second-order valence-electron chi connectivity index (χ2n) is 8.90. The average Bonchev–Trinajstić information content (AvgIpc) is 2.70. The Kier molecular flexibility index (Phi) is 19.4. The minimum absolute atomic E-state index is 1.11. The van der Waals surface area contributed by atoms with Gasteiger partial charge in [-0.3, -0.25) is 0 Å². The van der Waals surface area contributed by atoms with E-state index in [2.05, 4.69) is 63.0 Å². The first-order valence-corrected chi connectivity index (χ1v) is 12.6. The molecule has 0 aliphatic carbocycles. The van der Waals surface area contributed by atoms with Crippen LogP contribution in [0.4, 0.5) is 0 Å². The van der Waals surface area contributed by atoms with Crippen LogP contribution in [0.5, 0.6) is 0 Å². The van der Waals surface area contributed by atoms with Crippen molar-refractivity contribution in [1.29, 1.82) is 0 Å². The van der Waals surface area contributed by atoms with Crippen molar-refractivity contribution in [3.8, 4) is 0 Å². The van der Waals surface area contributed by atoms with Crippen molar-refractivity contribution in [1.82, 2.24) is 0 Å². The molecule has 0 fully saturated rings. The van der Waals surface area contributed by atoms with Gasteiger partial charge in [0.1, 0.15) is 6.54 Å². The average molecular weight is 411 g/mol. The van der Waals surface area contributed by atoms with Crippen molar-refractivity contribution in [3.05, 3.63) is 35.9 Å². The van der Waals surface area contributed by atoms with Crippen molar-refractivity contribution in [2.75, 3.05) is 27.0 Å². The Hall–Kier alpha value is -0.530. The summed E-state index contributed by atoms with van der Waals surface area (Å²) in [7, 11) is 4.74. The number of hydrogen-bond donors (Lipinski definition) is 0. The summed E-state index contributed by atoms with van der Waals surface area (Å²) in [5, 5.41) is 0. The monoisotopic (exact) mass is 410 g/mol. The van der Waals surface area contributed by atoms with Gasteiger partial charge in [0.05, 0.1) is 20.6 Å². The Morgan fingerprint density at radius 1 is 0.607 bits per heavy atom. The third-order valence-corrected chi connectivity index (χ3v) is 5.57. The van der Waals surface area contributed by atoms with Gasteiger partial charge >= 0.3 is 0 Å². The van der Waals surface area contributed by atoms with E-state index in [4.69, 9.17) is 0 Å². The second kappa shape index (κ2) is 19.8. The summed E-state index contributed by atoms with van der Waals surface area (Å²) in [6, 6.07) is 10.9. The fraction of sp³-hybridized carbons (Fsp3) is 0.769.